The molecule has 0 aromatic carbocycles. The summed E-state index contributed by atoms with van der Waals surface area (Å²) in [5, 5.41) is 0. The van der Waals surface area contributed by atoms with Crippen LogP contribution in [-0.2, 0) is 4.74 Å². The normalized spacial score (nSPS) is 13.2. The van der Waals surface area contributed by atoms with Crippen molar-refractivity contribution in [3.8, 4) is 0 Å². The zero-order valence-electron chi connectivity index (χ0n) is 15.2. The predicted molar refractivity (Wildman–Crippen MR) is 90.4 cm³/mol. The van der Waals surface area contributed by atoms with Gasteiger partial charge in [-0.15, -0.1) is 0 Å². The third kappa shape index (κ3) is 16.0. The fourth-order valence-corrected chi connectivity index (χ4v) is 2.19. The summed E-state index contributed by atoms with van der Waals surface area (Å²) in [4.78, 5) is 2.39. The summed E-state index contributed by atoms with van der Waals surface area (Å²) in [6.07, 6.45) is 8.22. The fraction of sp³-hybridized carbons (Fsp3) is 1.00. The molecule has 0 spiro atoms. The maximum atomic E-state index is 5.75. The maximum absolute atomic E-state index is 5.75. The average Bonchev–Trinajstić information content (AvgIpc) is 2.24. The molecule has 20 heavy (non-hydrogen) atoms. The highest BCUT2D eigenvalue weighted by atomic mass is 16.5. The highest BCUT2D eigenvalue weighted by Gasteiger charge is 2.10. The van der Waals surface area contributed by atoms with Gasteiger partial charge in [0.2, 0.25) is 0 Å². The Labute approximate surface area is 128 Å². The molecule has 0 unspecified atom stereocenters. The Morgan fingerprint density at radius 3 is 1.85 bits per heavy atom. The van der Waals surface area contributed by atoms with Crippen molar-refractivity contribution < 1.29 is 4.74 Å². The van der Waals surface area contributed by atoms with Crippen LogP contribution in [0.4, 0.5) is 0 Å². The third-order valence-electron chi connectivity index (χ3n) is 3.47. The molecule has 0 fully saturated rings. The lowest BCUT2D eigenvalue weighted by atomic mass is 9.89. The number of nitrogens with zero attached hydrogens (tertiary/aromatic N) is 1. The first-order valence-corrected chi connectivity index (χ1v) is 8.43. The molecule has 0 heterocycles. The van der Waals surface area contributed by atoms with Crippen LogP contribution in [0.25, 0.3) is 0 Å². The van der Waals surface area contributed by atoms with Gasteiger partial charge < -0.3 is 9.64 Å². The summed E-state index contributed by atoms with van der Waals surface area (Å²) < 4.78 is 5.75. The van der Waals surface area contributed by atoms with Crippen LogP contribution in [0.5, 0.6) is 0 Å². The molecule has 2 heteroatoms. The Morgan fingerprint density at radius 2 is 1.30 bits per heavy atom. The Balaban J connectivity index is 3.34. The lowest BCUT2D eigenvalue weighted by Crippen LogP contribution is -2.28. The molecule has 0 amide bonds. The molecule has 2 nitrogen and oxygen atoms in total. The number of hydrogen-bond acceptors (Lipinski definition) is 2. The van der Waals surface area contributed by atoms with E-state index in [9.17, 15) is 0 Å². The summed E-state index contributed by atoms with van der Waals surface area (Å²) in [7, 11) is 2.20. The largest absolute Gasteiger partial charge is 0.375 e. The van der Waals surface area contributed by atoms with E-state index in [-0.39, 0.29) is 5.60 Å². The smallest absolute Gasteiger partial charge is 0.0600 e. The van der Waals surface area contributed by atoms with E-state index < -0.39 is 0 Å². The van der Waals surface area contributed by atoms with Crippen LogP contribution < -0.4 is 0 Å². The van der Waals surface area contributed by atoms with Gasteiger partial charge in [0.1, 0.15) is 0 Å². The summed E-state index contributed by atoms with van der Waals surface area (Å²) in [5.41, 5.74) is 0.501. The molecule has 122 valence electrons. The standard InChI is InChI=1S/C18H39NO/c1-17(2,3)13-11-9-8-10-12-14-19(7)15-16-20-18(4,5)6/h8-16H2,1-7H3. The first-order chi connectivity index (χ1) is 9.10. The number of likely N-dealkylation sites (N-methyl/N-ethyl adjacent to an activating group) is 1. The predicted octanol–water partition coefficient (Wildman–Crippen LogP) is 5.12. The van der Waals surface area contributed by atoms with Crippen molar-refractivity contribution in [2.75, 3.05) is 26.7 Å². The zero-order chi connectivity index (χ0) is 15.6. The second kappa shape index (κ2) is 9.78. The first-order valence-electron chi connectivity index (χ1n) is 8.43. The molecule has 0 N–H and O–H groups in total. The summed E-state index contributed by atoms with van der Waals surface area (Å²) >= 11 is 0. The SMILES string of the molecule is CN(CCCCCCCC(C)(C)C)CCOC(C)(C)C. The van der Waals surface area contributed by atoms with Gasteiger partial charge in [0.15, 0.2) is 0 Å². The van der Waals surface area contributed by atoms with E-state index in [2.05, 4.69) is 53.5 Å². The van der Waals surface area contributed by atoms with Crippen molar-refractivity contribution in [1.82, 2.24) is 4.90 Å². The number of ether oxygens (including phenoxy) is 1. The van der Waals surface area contributed by atoms with E-state index in [1.807, 2.05) is 0 Å². The Kier molecular flexibility index (Phi) is 9.74. The summed E-state index contributed by atoms with van der Waals surface area (Å²) in [5.74, 6) is 0. The number of rotatable bonds is 10. The molecule has 0 radical (unpaired) electrons. The van der Waals surface area contributed by atoms with E-state index in [1.54, 1.807) is 0 Å². The van der Waals surface area contributed by atoms with Gasteiger partial charge >= 0.3 is 0 Å². The van der Waals surface area contributed by atoms with Crippen molar-refractivity contribution in [1.29, 1.82) is 0 Å². The van der Waals surface area contributed by atoms with E-state index in [4.69, 9.17) is 4.74 Å². The van der Waals surface area contributed by atoms with Crippen LogP contribution in [-0.4, -0.2) is 37.2 Å². The number of hydrogen-bond donors (Lipinski definition) is 0. The Morgan fingerprint density at radius 1 is 0.750 bits per heavy atom. The highest BCUT2D eigenvalue weighted by molar-refractivity contribution is 4.62. The van der Waals surface area contributed by atoms with Gasteiger partial charge in [0.05, 0.1) is 12.2 Å². The Bertz CT molecular complexity index is 225. The maximum Gasteiger partial charge on any atom is 0.0600 e. The molecule has 0 aromatic heterocycles. The van der Waals surface area contributed by atoms with Gasteiger partial charge in [-0.3, -0.25) is 0 Å². The molecule has 0 saturated carbocycles. The Hall–Kier alpha value is -0.0800. The van der Waals surface area contributed by atoms with Gasteiger partial charge in [0.25, 0.3) is 0 Å². The molecule has 0 bridgehead atoms. The summed E-state index contributed by atoms with van der Waals surface area (Å²) in [6.45, 7) is 16.4. The van der Waals surface area contributed by atoms with Crippen molar-refractivity contribution in [2.45, 2.75) is 85.7 Å². The van der Waals surface area contributed by atoms with Gasteiger partial charge in [0, 0.05) is 6.54 Å². The second-order valence-corrected chi connectivity index (χ2v) is 8.34. The first kappa shape index (κ1) is 19.9. The van der Waals surface area contributed by atoms with Crippen molar-refractivity contribution in [3.63, 3.8) is 0 Å². The minimum atomic E-state index is -0.00606. The van der Waals surface area contributed by atoms with Gasteiger partial charge in [-0.05, 0) is 52.6 Å². The zero-order valence-corrected chi connectivity index (χ0v) is 15.2. The number of unbranched alkanes of at least 4 members (excludes halogenated alkanes) is 4. The molecule has 0 saturated heterocycles. The van der Waals surface area contributed by atoms with Crippen LogP contribution in [0.15, 0.2) is 0 Å². The van der Waals surface area contributed by atoms with Crippen molar-refractivity contribution in [3.05, 3.63) is 0 Å². The minimum Gasteiger partial charge on any atom is -0.375 e. The monoisotopic (exact) mass is 285 g/mol. The van der Waals surface area contributed by atoms with Crippen LogP contribution in [0, 0.1) is 5.41 Å². The van der Waals surface area contributed by atoms with Crippen LogP contribution >= 0.6 is 0 Å². The lowest BCUT2D eigenvalue weighted by Gasteiger charge is -2.22. The highest BCUT2D eigenvalue weighted by Crippen LogP contribution is 2.22. The van der Waals surface area contributed by atoms with Crippen molar-refractivity contribution in [2.24, 2.45) is 5.41 Å². The molecule has 0 rings (SSSR count). The quantitative estimate of drug-likeness (QED) is 0.517. The van der Waals surface area contributed by atoms with Gasteiger partial charge in [-0.1, -0.05) is 46.5 Å². The fourth-order valence-electron chi connectivity index (χ4n) is 2.19. The van der Waals surface area contributed by atoms with E-state index in [0.717, 1.165) is 13.2 Å². The van der Waals surface area contributed by atoms with E-state index >= 15 is 0 Å². The molecule has 0 atom stereocenters. The van der Waals surface area contributed by atoms with Crippen LogP contribution in [0.1, 0.15) is 80.1 Å². The molecular weight excluding hydrogens is 246 g/mol. The van der Waals surface area contributed by atoms with Crippen LogP contribution in [0.3, 0.4) is 0 Å². The van der Waals surface area contributed by atoms with Gasteiger partial charge in [-0.25, -0.2) is 0 Å². The van der Waals surface area contributed by atoms with Gasteiger partial charge in [-0.2, -0.15) is 0 Å². The van der Waals surface area contributed by atoms with Crippen LogP contribution in [0.2, 0.25) is 0 Å². The second-order valence-electron chi connectivity index (χ2n) is 8.34. The minimum absolute atomic E-state index is 0.00606. The third-order valence-corrected chi connectivity index (χ3v) is 3.47. The lowest BCUT2D eigenvalue weighted by molar-refractivity contribution is -0.0108. The molecule has 0 aromatic rings. The average molecular weight is 286 g/mol. The topological polar surface area (TPSA) is 12.5 Å². The molecular formula is C18H39NO. The summed E-state index contributed by atoms with van der Waals surface area (Å²) in [6, 6.07) is 0. The molecule has 0 aliphatic rings. The molecule has 0 aliphatic heterocycles. The van der Waals surface area contributed by atoms with E-state index in [0.29, 0.717) is 5.41 Å². The van der Waals surface area contributed by atoms with E-state index in [1.165, 1.54) is 45.1 Å². The van der Waals surface area contributed by atoms with Crippen molar-refractivity contribution >= 4 is 0 Å². The molecule has 0 aliphatic carbocycles.